The minimum Gasteiger partial charge on any atom is -0.359 e. The molecule has 1 heterocycles. The van der Waals surface area contributed by atoms with Crippen molar-refractivity contribution >= 4 is 39.6 Å². The second-order valence-corrected chi connectivity index (χ2v) is 7.21. The highest BCUT2D eigenvalue weighted by atomic mass is 35.5. The van der Waals surface area contributed by atoms with E-state index in [1.807, 2.05) is 23.6 Å². The molecule has 0 unspecified atom stereocenters. The van der Waals surface area contributed by atoms with E-state index in [1.165, 1.54) is 11.3 Å². The first-order chi connectivity index (χ1) is 10.1. The summed E-state index contributed by atoms with van der Waals surface area (Å²) in [5.41, 5.74) is 1.63. The van der Waals surface area contributed by atoms with E-state index in [1.54, 1.807) is 13.1 Å². The second-order valence-electron chi connectivity index (χ2n) is 4.40. The normalized spacial score (nSPS) is 12.1. The van der Waals surface area contributed by atoms with Crippen LogP contribution in [0.3, 0.4) is 0 Å². The summed E-state index contributed by atoms with van der Waals surface area (Å²) in [7, 11) is 0.519. The van der Waals surface area contributed by atoms with E-state index < -0.39 is 10.8 Å². The van der Waals surface area contributed by atoms with Gasteiger partial charge in [-0.15, -0.1) is 11.3 Å². The molecular weight excluding hydrogens is 328 g/mol. The van der Waals surface area contributed by atoms with Crippen LogP contribution in [0, 0.1) is 0 Å². The van der Waals surface area contributed by atoms with Crippen LogP contribution in [0.1, 0.15) is 16.3 Å². The van der Waals surface area contributed by atoms with Gasteiger partial charge < -0.3 is 5.32 Å². The van der Waals surface area contributed by atoms with Crippen LogP contribution in [-0.4, -0.2) is 22.1 Å². The lowest BCUT2D eigenvalue weighted by Crippen LogP contribution is -2.19. The van der Waals surface area contributed by atoms with Crippen molar-refractivity contribution in [1.29, 1.82) is 0 Å². The van der Waals surface area contributed by atoms with Crippen LogP contribution in [-0.2, 0) is 33.5 Å². The number of aromatic nitrogens is 1. The standard InChI is InChI=1S/C14H15ClN2O2S2/c1-16-13(18)6-14-17-11(7-20-14)9-21(19)8-10-4-2-3-5-12(10)15/h2-5,7H,6,8-9H2,1H3,(H,16,18)/t21-/m0/s1. The molecule has 1 N–H and O–H groups in total. The maximum atomic E-state index is 12.2. The molecule has 112 valence electrons. The number of carbonyl (C=O) groups is 1. The molecule has 7 heteroatoms. The van der Waals surface area contributed by atoms with Gasteiger partial charge in [0.1, 0.15) is 5.01 Å². The third kappa shape index (κ3) is 4.91. The molecule has 1 amide bonds. The van der Waals surface area contributed by atoms with E-state index in [0.717, 1.165) is 16.3 Å². The van der Waals surface area contributed by atoms with E-state index in [-0.39, 0.29) is 12.3 Å². The number of rotatable bonds is 6. The fraction of sp³-hybridized carbons (Fsp3) is 0.286. The molecule has 0 spiro atoms. The molecule has 21 heavy (non-hydrogen) atoms. The molecule has 0 saturated heterocycles. The quantitative estimate of drug-likeness (QED) is 0.877. The zero-order chi connectivity index (χ0) is 15.2. The fourth-order valence-corrected chi connectivity index (χ4v) is 4.09. The summed E-state index contributed by atoms with van der Waals surface area (Å²) in [6, 6.07) is 7.39. The van der Waals surface area contributed by atoms with E-state index in [9.17, 15) is 9.00 Å². The maximum absolute atomic E-state index is 12.2. The first-order valence-corrected chi connectivity index (χ1v) is 9.05. The average molecular weight is 343 g/mol. The van der Waals surface area contributed by atoms with Gasteiger partial charge in [0.2, 0.25) is 5.91 Å². The number of thiazole rings is 1. The molecule has 0 aliphatic carbocycles. The van der Waals surface area contributed by atoms with Gasteiger partial charge >= 0.3 is 0 Å². The van der Waals surface area contributed by atoms with Gasteiger partial charge in [0.25, 0.3) is 0 Å². The molecule has 1 aromatic carbocycles. The van der Waals surface area contributed by atoms with Crippen LogP contribution in [0.4, 0.5) is 0 Å². The summed E-state index contributed by atoms with van der Waals surface area (Å²) in [5, 5.41) is 5.77. The Kier molecular flexibility index (Phi) is 5.90. The molecule has 1 aromatic heterocycles. The Balaban J connectivity index is 1.94. The highest BCUT2D eigenvalue weighted by Gasteiger charge is 2.10. The molecule has 4 nitrogen and oxygen atoms in total. The van der Waals surface area contributed by atoms with Crippen LogP contribution in [0.25, 0.3) is 0 Å². The Morgan fingerprint density at radius 1 is 1.38 bits per heavy atom. The van der Waals surface area contributed by atoms with Gasteiger partial charge in [-0.2, -0.15) is 0 Å². The first kappa shape index (κ1) is 16.1. The molecular formula is C14H15ClN2O2S2. The van der Waals surface area contributed by atoms with Crippen molar-refractivity contribution in [3.05, 3.63) is 50.9 Å². The van der Waals surface area contributed by atoms with Crippen LogP contribution >= 0.6 is 22.9 Å². The minimum absolute atomic E-state index is 0.0758. The Labute approximate surface area is 135 Å². The number of hydrogen-bond donors (Lipinski definition) is 1. The van der Waals surface area contributed by atoms with E-state index in [2.05, 4.69) is 10.3 Å². The molecule has 0 bridgehead atoms. The zero-order valence-electron chi connectivity index (χ0n) is 11.5. The van der Waals surface area contributed by atoms with Crippen molar-refractivity contribution in [3.63, 3.8) is 0 Å². The number of hydrogen-bond acceptors (Lipinski definition) is 4. The topological polar surface area (TPSA) is 59.1 Å². The molecule has 0 aliphatic heterocycles. The number of halogens is 1. The lowest BCUT2D eigenvalue weighted by molar-refractivity contribution is -0.119. The van der Waals surface area contributed by atoms with Crippen molar-refractivity contribution in [3.8, 4) is 0 Å². The molecule has 1 atom stereocenters. The molecule has 0 aliphatic rings. The Hall–Kier alpha value is -1.24. The highest BCUT2D eigenvalue weighted by molar-refractivity contribution is 7.83. The Morgan fingerprint density at radius 2 is 2.14 bits per heavy atom. The summed E-state index contributed by atoms with van der Waals surface area (Å²) >= 11 is 7.47. The van der Waals surface area contributed by atoms with Gasteiger partial charge in [-0.3, -0.25) is 9.00 Å². The van der Waals surface area contributed by atoms with Crippen molar-refractivity contribution in [1.82, 2.24) is 10.3 Å². The summed E-state index contributed by atoms with van der Waals surface area (Å²) in [5.74, 6) is 0.699. The maximum Gasteiger partial charge on any atom is 0.226 e. The van der Waals surface area contributed by atoms with Crippen LogP contribution in [0.15, 0.2) is 29.6 Å². The fourth-order valence-electron chi connectivity index (χ4n) is 1.73. The predicted molar refractivity (Wildman–Crippen MR) is 86.9 cm³/mol. The minimum atomic E-state index is -1.07. The number of carbonyl (C=O) groups excluding carboxylic acids is 1. The molecule has 2 aromatic rings. The lowest BCUT2D eigenvalue weighted by atomic mass is 10.2. The highest BCUT2D eigenvalue weighted by Crippen LogP contribution is 2.19. The monoisotopic (exact) mass is 342 g/mol. The number of likely N-dealkylation sites (N-methyl/N-ethyl adjacent to an activating group) is 1. The van der Waals surface area contributed by atoms with Gasteiger partial charge in [-0.05, 0) is 11.6 Å². The third-order valence-corrected chi connectivity index (χ3v) is 5.29. The summed E-state index contributed by atoms with van der Waals surface area (Å²) in [6.45, 7) is 0. The van der Waals surface area contributed by atoms with Gasteiger partial charge in [-0.1, -0.05) is 29.8 Å². The smallest absolute Gasteiger partial charge is 0.226 e. The largest absolute Gasteiger partial charge is 0.359 e. The number of amides is 1. The number of benzene rings is 1. The van der Waals surface area contributed by atoms with Crippen LogP contribution in [0.2, 0.25) is 5.02 Å². The van der Waals surface area contributed by atoms with Gasteiger partial charge in [0, 0.05) is 28.2 Å². The Bertz CT molecular complexity index is 658. The van der Waals surface area contributed by atoms with Crippen LogP contribution in [0.5, 0.6) is 0 Å². The van der Waals surface area contributed by atoms with Gasteiger partial charge in [0.05, 0.1) is 23.6 Å². The number of nitrogens with one attached hydrogen (secondary N) is 1. The average Bonchev–Trinajstić information content (AvgIpc) is 2.88. The van der Waals surface area contributed by atoms with E-state index in [4.69, 9.17) is 11.6 Å². The summed E-state index contributed by atoms with van der Waals surface area (Å²) in [6.07, 6.45) is 0.262. The van der Waals surface area contributed by atoms with E-state index in [0.29, 0.717) is 16.5 Å². The van der Waals surface area contributed by atoms with Crippen molar-refractivity contribution < 1.29 is 9.00 Å². The van der Waals surface area contributed by atoms with Gasteiger partial charge in [0.15, 0.2) is 0 Å². The van der Waals surface area contributed by atoms with Crippen molar-refractivity contribution in [2.24, 2.45) is 0 Å². The third-order valence-electron chi connectivity index (χ3n) is 2.77. The lowest BCUT2D eigenvalue weighted by Gasteiger charge is -2.03. The molecule has 0 saturated carbocycles. The zero-order valence-corrected chi connectivity index (χ0v) is 13.9. The first-order valence-electron chi connectivity index (χ1n) is 6.30. The van der Waals surface area contributed by atoms with E-state index >= 15 is 0 Å². The predicted octanol–water partition coefficient (Wildman–Crippen LogP) is 2.53. The molecule has 0 radical (unpaired) electrons. The SMILES string of the molecule is CNC(=O)Cc1nc(C[S@@](=O)Cc2ccccc2Cl)cs1. The van der Waals surface area contributed by atoms with Crippen molar-refractivity contribution in [2.75, 3.05) is 7.05 Å². The second kappa shape index (κ2) is 7.68. The summed E-state index contributed by atoms with van der Waals surface area (Å²) in [4.78, 5) is 15.6. The van der Waals surface area contributed by atoms with Crippen LogP contribution < -0.4 is 5.32 Å². The summed E-state index contributed by atoms with van der Waals surface area (Å²) < 4.78 is 12.2. The molecule has 2 rings (SSSR count). The number of nitrogens with zero attached hydrogens (tertiary/aromatic N) is 1. The molecule has 0 fully saturated rings. The Morgan fingerprint density at radius 3 is 2.86 bits per heavy atom. The van der Waals surface area contributed by atoms with Gasteiger partial charge in [-0.25, -0.2) is 4.98 Å². The van der Waals surface area contributed by atoms with Crippen molar-refractivity contribution in [2.45, 2.75) is 17.9 Å².